The molecule has 0 radical (unpaired) electrons. The number of rotatable bonds is 4. The van der Waals surface area contributed by atoms with Crippen molar-refractivity contribution in [1.82, 2.24) is 0 Å². The third-order valence-corrected chi connectivity index (χ3v) is 9.96. The van der Waals surface area contributed by atoms with E-state index in [1.807, 2.05) is 0 Å². The highest BCUT2D eigenvalue weighted by atomic mass is 16.5. The molecular formula is C38H32O2. The van der Waals surface area contributed by atoms with Crippen molar-refractivity contribution in [2.24, 2.45) is 10.8 Å². The van der Waals surface area contributed by atoms with Crippen LogP contribution in [0.2, 0.25) is 0 Å². The zero-order chi connectivity index (χ0) is 27.1. The SMILES string of the molecule is Cc1ccc(C2=C(c3ccccc3)C34CCC3(O2)C(=O)C2(CC2)C(c2ccccc2)=C4c2ccc(C)cc2)cc1. The monoisotopic (exact) mass is 520 g/mol. The smallest absolute Gasteiger partial charge is 0.188 e. The number of Topliss-reactive ketones (excluding diaryl/α,β-unsaturated/α-hetero) is 1. The van der Waals surface area contributed by atoms with Gasteiger partial charge in [0.2, 0.25) is 0 Å². The molecule has 0 bridgehead atoms. The summed E-state index contributed by atoms with van der Waals surface area (Å²) in [5.74, 6) is 1.16. The van der Waals surface area contributed by atoms with E-state index in [4.69, 9.17) is 4.74 Å². The highest BCUT2D eigenvalue weighted by molar-refractivity contribution is 6.23. The Kier molecular flexibility index (Phi) is 4.84. The zero-order valence-corrected chi connectivity index (χ0v) is 23.0. The molecule has 2 unspecified atom stereocenters. The van der Waals surface area contributed by atoms with E-state index in [-0.39, 0.29) is 5.78 Å². The Balaban J connectivity index is 1.52. The van der Waals surface area contributed by atoms with E-state index in [2.05, 4.69) is 123 Å². The van der Waals surface area contributed by atoms with Crippen molar-refractivity contribution in [3.05, 3.63) is 143 Å². The minimum absolute atomic E-state index is 0.288. The second-order valence-corrected chi connectivity index (χ2v) is 12.2. The van der Waals surface area contributed by atoms with Crippen LogP contribution in [0.25, 0.3) is 22.5 Å². The quantitative estimate of drug-likeness (QED) is 0.269. The lowest BCUT2D eigenvalue weighted by Crippen LogP contribution is -2.66. The summed E-state index contributed by atoms with van der Waals surface area (Å²) in [6.45, 7) is 4.25. The molecule has 4 aromatic rings. The lowest BCUT2D eigenvalue weighted by molar-refractivity contribution is -0.160. The highest BCUT2D eigenvalue weighted by Gasteiger charge is 2.80. The Hall–Kier alpha value is -4.17. The molecule has 2 saturated carbocycles. The number of hydrogen-bond acceptors (Lipinski definition) is 2. The van der Waals surface area contributed by atoms with Gasteiger partial charge in [0.1, 0.15) is 5.76 Å². The van der Waals surface area contributed by atoms with Crippen LogP contribution in [0.5, 0.6) is 0 Å². The van der Waals surface area contributed by atoms with Gasteiger partial charge in [0.25, 0.3) is 0 Å². The Bertz CT molecular complexity index is 1720. The van der Waals surface area contributed by atoms with Gasteiger partial charge in [-0.15, -0.1) is 0 Å². The molecule has 2 fully saturated rings. The first-order valence-electron chi connectivity index (χ1n) is 14.5. The minimum Gasteiger partial charge on any atom is -0.477 e. The Morgan fingerprint density at radius 1 is 0.525 bits per heavy atom. The van der Waals surface area contributed by atoms with Gasteiger partial charge in [-0.3, -0.25) is 4.79 Å². The molecule has 40 heavy (non-hydrogen) atoms. The maximum Gasteiger partial charge on any atom is 0.188 e. The van der Waals surface area contributed by atoms with Gasteiger partial charge in [0.05, 0.1) is 10.8 Å². The molecule has 0 aromatic heterocycles. The molecule has 196 valence electrons. The van der Waals surface area contributed by atoms with Crippen LogP contribution in [-0.2, 0) is 9.53 Å². The van der Waals surface area contributed by atoms with Crippen molar-refractivity contribution in [3.63, 3.8) is 0 Å². The topological polar surface area (TPSA) is 26.3 Å². The first-order chi connectivity index (χ1) is 19.5. The van der Waals surface area contributed by atoms with Gasteiger partial charge in [-0.05, 0) is 67.4 Å². The summed E-state index contributed by atoms with van der Waals surface area (Å²) in [5.41, 5.74) is 8.74. The standard InChI is InChI=1S/C38H32O2/c1-25-13-17-29(18-14-25)32-31(27-9-5-3-6-10-27)36(21-22-36)35(39)38-24-23-37(32,38)33(28-11-7-4-8-12-28)34(40-38)30-19-15-26(2)16-20-30/h3-20H,21-24H2,1-2H3. The van der Waals surface area contributed by atoms with Crippen LogP contribution in [0.15, 0.2) is 109 Å². The number of allylic oxidation sites excluding steroid dienone is 1. The fraction of sp³-hybridized carbons (Fsp3) is 0.237. The first-order valence-corrected chi connectivity index (χ1v) is 14.5. The van der Waals surface area contributed by atoms with E-state index in [0.29, 0.717) is 0 Å². The number of benzene rings is 4. The predicted molar refractivity (Wildman–Crippen MR) is 161 cm³/mol. The van der Waals surface area contributed by atoms with E-state index in [1.165, 1.54) is 27.8 Å². The Morgan fingerprint density at radius 3 is 1.52 bits per heavy atom. The Labute approximate surface area is 236 Å². The summed E-state index contributed by atoms with van der Waals surface area (Å²) in [7, 11) is 0. The van der Waals surface area contributed by atoms with E-state index in [1.54, 1.807) is 0 Å². The van der Waals surface area contributed by atoms with Gasteiger partial charge in [0.15, 0.2) is 11.4 Å². The molecule has 4 aliphatic rings. The summed E-state index contributed by atoms with van der Waals surface area (Å²) in [6, 6.07) is 38.9. The van der Waals surface area contributed by atoms with Crippen molar-refractivity contribution < 1.29 is 9.53 Å². The van der Waals surface area contributed by atoms with Crippen molar-refractivity contribution in [2.45, 2.75) is 45.1 Å². The summed E-state index contributed by atoms with van der Waals surface area (Å²) in [4.78, 5) is 15.0. The predicted octanol–water partition coefficient (Wildman–Crippen LogP) is 8.69. The zero-order valence-electron chi connectivity index (χ0n) is 23.0. The van der Waals surface area contributed by atoms with E-state index >= 15 is 4.79 Å². The molecule has 2 nitrogen and oxygen atoms in total. The van der Waals surface area contributed by atoms with E-state index in [0.717, 1.165) is 53.7 Å². The van der Waals surface area contributed by atoms with Gasteiger partial charge in [0, 0.05) is 11.1 Å². The van der Waals surface area contributed by atoms with Crippen LogP contribution >= 0.6 is 0 Å². The van der Waals surface area contributed by atoms with E-state index < -0.39 is 16.4 Å². The summed E-state index contributed by atoms with van der Waals surface area (Å²) < 4.78 is 7.18. The minimum atomic E-state index is -0.882. The van der Waals surface area contributed by atoms with Gasteiger partial charge in [-0.2, -0.15) is 0 Å². The second-order valence-electron chi connectivity index (χ2n) is 12.2. The van der Waals surface area contributed by atoms with Crippen LogP contribution in [0.3, 0.4) is 0 Å². The van der Waals surface area contributed by atoms with Crippen LogP contribution < -0.4 is 0 Å². The van der Waals surface area contributed by atoms with Crippen molar-refractivity contribution in [2.75, 3.05) is 0 Å². The highest BCUT2D eigenvalue weighted by Crippen LogP contribution is 2.80. The van der Waals surface area contributed by atoms with Gasteiger partial charge in [-0.25, -0.2) is 0 Å². The number of ketones is 1. The summed E-state index contributed by atoms with van der Waals surface area (Å²) >= 11 is 0. The third kappa shape index (κ3) is 2.92. The van der Waals surface area contributed by atoms with Gasteiger partial charge < -0.3 is 4.74 Å². The summed E-state index contributed by atoms with van der Waals surface area (Å²) in [5, 5.41) is 0. The lowest BCUT2D eigenvalue weighted by atomic mass is 9.42. The fourth-order valence-corrected chi connectivity index (χ4v) is 7.87. The molecule has 4 aromatic carbocycles. The maximum absolute atomic E-state index is 15.0. The molecule has 3 aliphatic carbocycles. The number of ether oxygens (including phenoxy) is 1. The van der Waals surface area contributed by atoms with Crippen molar-refractivity contribution in [1.29, 1.82) is 0 Å². The first kappa shape index (κ1) is 23.7. The van der Waals surface area contributed by atoms with E-state index in [9.17, 15) is 0 Å². The number of hydrogen-bond donors (Lipinski definition) is 0. The average Bonchev–Trinajstić information content (AvgIpc) is 3.74. The van der Waals surface area contributed by atoms with Crippen LogP contribution in [0.4, 0.5) is 0 Å². The molecule has 1 heterocycles. The van der Waals surface area contributed by atoms with Crippen LogP contribution in [-0.4, -0.2) is 11.4 Å². The molecule has 8 rings (SSSR count). The van der Waals surface area contributed by atoms with Crippen LogP contribution in [0.1, 0.15) is 59.1 Å². The number of aryl methyl sites for hydroxylation is 2. The Morgan fingerprint density at radius 2 is 1.02 bits per heavy atom. The largest absolute Gasteiger partial charge is 0.477 e. The molecule has 0 amide bonds. The summed E-state index contributed by atoms with van der Waals surface area (Å²) in [6.07, 6.45) is 3.39. The molecule has 1 aliphatic heterocycles. The van der Waals surface area contributed by atoms with Gasteiger partial charge >= 0.3 is 0 Å². The number of carbonyl (C=O) groups is 1. The van der Waals surface area contributed by atoms with Crippen molar-refractivity contribution in [3.8, 4) is 0 Å². The number of carbonyl (C=O) groups excluding carboxylic acids is 1. The molecule has 0 N–H and O–H groups in total. The third-order valence-electron chi connectivity index (χ3n) is 9.96. The normalized spacial score (nSPS) is 25.8. The van der Waals surface area contributed by atoms with Crippen LogP contribution in [0, 0.1) is 24.7 Å². The molecular weight excluding hydrogens is 488 g/mol. The fourth-order valence-electron chi connectivity index (χ4n) is 7.87. The molecule has 0 saturated heterocycles. The molecule has 2 heteroatoms. The van der Waals surface area contributed by atoms with Gasteiger partial charge in [-0.1, -0.05) is 120 Å². The molecule has 2 atom stereocenters. The molecule has 1 spiro atoms. The van der Waals surface area contributed by atoms with Crippen molar-refractivity contribution >= 4 is 28.3 Å². The average molecular weight is 521 g/mol. The maximum atomic E-state index is 15.0. The second kappa shape index (κ2) is 8.17. The lowest BCUT2D eigenvalue weighted by Gasteiger charge is -2.60.